The highest BCUT2D eigenvalue weighted by Gasteiger charge is 2.31. The minimum atomic E-state index is -4.52. The molecule has 3 rings (SSSR count). The summed E-state index contributed by atoms with van der Waals surface area (Å²) in [6.45, 7) is -0.151. The van der Waals surface area contributed by atoms with Crippen LogP contribution in [0.2, 0.25) is 5.02 Å². The van der Waals surface area contributed by atoms with E-state index in [9.17, 15) is 18.0 Å². The molecular formula is C18H13ClF3N3O. The lowest BCUT2D eigenvalue weighted by atomic mass is 10.2. The first-order valence-corrected chi connectivity index (χ1v) is 7.96. The van der Waals surface area contributed by atoms with Crippen LogP contribution in [-0.4, -0.2) is 17.4 Å². The van der Waals surface area contributed by atoms with Gasteiger partial charge in [-0.3, -0.25) is 9.78 Å². The fraction of sp³-hybridized carbons (Fsp3) is 0.111. The topological polar surface area (TPSA) is 54.0 Å². The number of carbonyl (C=O) groups is 1. The summed E-state index contributed by atoms with van der Waals surface area (Å²) in [5.41, 5.74) is 0.362. The van der Waals surface area contributed by atoms with Crippen LogP contribution in [0.5, 0.6) is 0 Å². The number of nitrogens with one attached hydrogen (secondary N) is 2. The predicted molar refractivity (Wildman–Crippen MR) is 95.3 cm³/mol. The summed E-state index contributed by atoms with van der Waals surface area (Å²) in [7, 11) is 0. The molecule has 1 heterocycles. The van der Waals surface area contributed by atoms with E-state index in [-0.39, 0.29) is 17.3 Å². The zero-order valence-corrected chi connectivity index (χ0v) is 14.0. The lowest BCUT2D eigenvalue weighted by molar-refractivity contribution is -0.137. The molecule has 26 heavy (non-hydrogen) atoms. The fourth-order valence-electron chi connectivity index (χ4n) is 2.41. The highest BCUT2D eigenvalue weighted by Crippen LogP contribution is 2.33. The van der Waals surface area contributed by atoms with Crippen molar-refractivity contribution in [3.05, 3.63) is 65.3 Å². The van der Waals surface area contributed by atoms with E-state index in [1.54, 1.807) is 18.3 Å². The van der Waals surface area contributed by atoms with Gasteiger partial charge in [0.25, 0.3) is 0 Å². The van der Waals surface area contributed by atoms with Gasteiger partial charge in [0.2, 0.25) is 5.91 Å². The molecule has 4 nitrogen and oxygen atoms in total. The lowest BCUT2D eigenvalue weighted by Crippen LogP contribution is -2.22. The molecular weight excluding hydrogens is 367 g/mol. The third-order valence-corrected chi connectivity index (χ3v) is 3.97. The van der Waals surface area contributed by atoms with Crippen molar-refractivity contribution in [1.82, 2.24) is 4.98 Å². The largest absolute Gasteiger partial charge is 0.416 e. The van der Waals surface area contributed by atoms with Crippen molar-refractivity contribution in [2.24, 2.45) is 0 Å². The van der Waals surface area contributed by atoms with Crippen molar-refractivity contribution in [3.8, 4) is 0 Å². The van der Waals surface area contributed by atoms with Gasteiger partial charge in [-0.1, -0.05) is 29.8 Å². The van der Waals surface area contributed by atoms with Crippen LogP contribution in [0.4, 0.5) is 24.5 Å². The maximum atomic E-state index is 12.8. The summed E-state index contributed by atoms with van der Waals surface area (Å²) in [6.07, 6.45) is -2.88. The molecule has 0 saturated heterocycles. The average molecular weight is 380 g/mol. The molecule has 0 aliphatic heterocycles. The van der Waals surface area contributed by atoms with Crippen LogP contribution < -0.4 is 10.6 Å². The summed E-state index contributed by atoms with van der Waals surface area (Å²) >= 11 is 5.87. The van der Waals surface area contributed by atoms with Crippen molar-refractivity contribution in [1.29, 1.82) is 0 Å². The third-order valence-electron chi connectivity index (χ3n) is 3.64. The van der Waals surface area contributed by atoms with Crippen molar-refractivity contribution >= 4 is 39.8 Å². The zero-order chi connectivity index (χ0) is 18.7. The Labute approximate surface area is 152 Å². The summed E-state index contributed by atoms with van der Waals surface area (Å²) in [5, 5.41) is 6.25. The normalized spacial score (nSPS) is 11.4. The van der Waals surface area contributed by atoms with E-state index in [2.05, 4.69) is 15.6 Å². The van der Waals surface area contributed by atoms with Crippen LogP contribution in [0.3, 0.4) is 0 Å². The third kappa shape index (κ3) is 4.05. The van der Waals surface area contributed by atoms with Gasteiger partial charge in [0, 0.05) is 11.6 Å². The number of halogens is 4. The zero-order valence-electron chi connectivity index (χ0n) is 13.3. The van der Waals surface area contributed by atoms with Crippen molar-refractivity contribution < 1.29 is 18.0 Å². The van der Waals surface area contributed by atoms with Gasteiger partial charge >= 0.3 is 6.18 Å². The highest BCUT2D eigenvalue weighted by molar-refractivity contribution is 6.33. The van der Waals surface area contributed by atoms with E-state index in [4.69, 9.17) is 11.6 Å². The monoisotopic (exact) mass is 379 g/mol. The summed E-state index contributed by atoms with van der Waals surface area (Å²) in [5.74, 6) is -0.529. The Hall–Kier alpha value is -2.80. The maximum Gasteiger partial charge on any atom is 0.416 e. The van der Waals surface area contributed by atoms with Crippen molar-refractivity contribution in [2.75, 3.05) is 17.2 Å². The number of benzene rings is 2. The Morgan fingerprint density at radius 2 is 1.85 bits per heavy atom. The molecule has 2 N–H and O–H groups in total. The summed E-state index contributed by atoms with van der Waals surface area (Å²) in [6, 6.07) is 11.9. The lowest BCUT2D eigenvalue weighted by Gasteiger charge is -2.13. The predicted octanol–water partition coefficient (Wildman–Crippen LogP) is 4.96. The molecule has 0 spiro atoms. The molecule has 2 aromatic carbocycles. The quantitative estimate of drug-likeness (QED) is 0.673. The number of hydrogen-bond donors (Lipinski definition) is 2. The van der Waals surface area contributed by atoms with Gasteiger partial charge in [0.1, 0.15) is 0 Å². The van der Waals surface area contributed by atoms with Gasteiger partial charge in [-0.25, -0.2) is 0 Å². The molecule has 0 radical (unpaired) electrons. The van der Waals surface area contributed by atoms with Crippen LogP contribution in [0.1, 0.15) is 5.56 Å². The number of pyridine rings is 1. The van der Waals surface area contributed by atoms with Crippen LogP contribution >= 0.6 is 11.6 Å². The fourth-order valence-corrected chi connectivity index (χ4v) is 2.58. The molecule has 0 aliphatic carbocycles. The molecule has 1 amide bonds. The Balaban J connectivity index is 1.71. The molecule has 0 atom stereocenters. The van der Waals surface area contributed by atoms with Gasteiger partial charge in [-0.2, -0.15) is 13.2 Å². The number of rotatable bonds is 4. The number of amides is 1. The second kappa shape index (κ2) is 7.21. The van der Waals surface area contributed by atoms with Gasteiger partial charge < -0.3 is 10.6 Å². The highest BCUT2D eigenvalue weighted by atomic mass is 35.5. The number of para-hydroxylation sites is 1. The number of anilines is 2. The van der Waals surface area contributed by atoms with Gasteiger partial charge in [-0.15, -0.1) is 0 Å². The van der Waals surface area contributed by atoms with Gasteiger partial charge in [-0.05, 0) is 30.3 Å². The first kappa shape index (κ1) is 18.0. The average Bonchev–Trinajstić information content (AvgIpc) is 2.61. The van der Waals surface area contributed by atoms with E-state index in [0.29, 0.717) is 11.2 Å². The van der Waals surface area contributed by atoms with E-state index in [1.165, 1.54) is 0 Å². The minimum absolute atomic E-state index is 0.0261. The molecule has 0 saturated carbocycles. The van der Waals surface area contributed by atoms with E-state index in [0.717, 1.165) is 23.6 Å². The molecule has 0 aliphatic rings. The number of alkyl halides is 3. The molecule has 3 aromatic rings. The van der Waals surface area contributed by atoms with Crippen LogP contribution in [0.25, 0.3) is 10.9 Å². The van der Waals surface area contributed by atoms with Gasteiger partial charge in [0.05, 0.1) is 34.0 Å². The first-order valence-electron chi connectivity index (χ1n) is 7.59. The van der Waals surface area contributed by atoms with E-state index < -0.39 is 17.6 Å². The first-order chi connectivity index (χ1) is 12.3. The van der Waals surface area contributed by atoms with Crippen molar-refractivity contribution in [2.45, 2.75) is 6.18 Å². The molecule has 1 aromatic heterocycles. The smallest absolute Gasteiger partial charge is 0.374 e. The maximum absolute atomic E-state index is 12.8. The Kier molecular flexibility index (Phi) is 4.99. The Morgan fingerprint density at radius 1 is 1.08 bits per heavy atom. The van der Waals surface area contributed by atoms with Crippen LogP contribution in [-0.2, 0) is 11.0 Å². The van der Waals surface area contributed by atoms with Crippen molar-refractivity contribution in [3.63, 3.8) is 0 Å². The SMILES string of the molecule is O=C(CNc1cccc2cccnc12)Nc1cc(C(F)(F)F)ccc1Cl. The molecule has 0 bridgehead atoms. The Bertz CT molecular complexity index is 955. The van der Waals surface area contributed by atoms with Crippen LogP contribution in [0, 0.1) is 0 Å². The standard InChI is InChI=1S/C18H13ClF3N3O/c19-13-7-6-12(18(20,21)22)9-15(13)25-16(26)10-24-14-5-1-3-11-4-2-8-23-17(11)14/h1-9,24H,10H2,(H,25,26). The van der Waals surface area contributed by atoms with Gasteiger partial charge in [0.15, 0.2) is 0 Å². The second-order valence-electron chi connectivity index (χ2n) is 5.47. The Morgan fingerprint density at radius 3 is 2.62 bits per heavy atom. The van der Waals surface area contributed by atoms with Crippen LogP contribution in [0.15, 0.2) is 54.7 Å². The molecule has 134 valence electrons. The summed E-state index contributed by atoms with van der Waals surface area (Å²) < 4.78 is 38.3. The van der Waals surface area contributed by atoms with E-state index >= 15 is 0 Å². The number of carbonyl (C=O) groups excluding carboxylic acids is 1. The number of aromatic nitrogens is 1. The molecule has 0 fully saturated rings. The number of fused-ring (bicyclic) bond motifs is 1. The summed E-state index contributed by atoms with van der Waals surface area (Å²) in [4.78, 5) is 16.4. The second-order valence-corrected chi connectivity index (χ2v) is 5.88. The molecule has 8 heteroatoms. The number of nitrogens with zero attached hydrogens (tertiary/aromatic N) is 1. The minimum Gasteiger partial charge on any atom is -0.374 e. The number of hydrogen-bond acceptors (Lipinski definition) is 3. The molecule has 0 unspecified atom stereocenters. The van der Waals surface area contributed by atoms with E-state index in [1.807, 2.05) is 18.2 Å².